The molecule has 3 heterocycles. The van der Waals surface area contributed by atoms with Gasteiger partial charge in [0, 0.05) is 28.1 Å². The maximum absolute atomic E-state index is 6.67. The number of dihydropyridines is 1. The molecule has 0 amide bonds. The Bertz CT molecular complexity index is 771. The van der Waals surface area contributed by atoms with E-state index in [0.717, 1.165) is 44.0 Å². The molecule has 1 aliphatic carbocycles. The van der Waals surface area contributed by atoms with Crippen molar-refractivity contribution in [2.24, 2.45) is 16.8 Å². The second-order valence-corrected chi connectivity index (χ2v) is 9.11. The van der Waals surface area contributed by atoms with Gasteiger partial charge in [0.2, 0.25) is 0 Å². The molecule has 5 unspecified atom stereocenters. The van der Waals surface area contributed by atoms with E-state index in [1.807, 2.05) is 0 Å². The first-order valence-electron chi connectivity index (χ1n) is 9.85. The molecule has 4 aliphatic rings. The smallest absolute Gasteiger partial charge is 0.166 e. The molecule has 5 heteroatoms. The Balaban J connectivity index is 1.84. The average Bonchev–Trinajstić information content (AvgIpc) is 2.56. The number of fused-ring (bicyclic) bond motifs is 2. The predicted molar refractivity (Wildman–Crippen MR) is 108 cm³/mol. The van der Waals surface area contributed by atoms with Crippen LogP contribution in [0.15, 0.2) is 33.3 Å². The van der Waals surface area contributed by atoms with Crippen molar-refractivity contribution in [3.8, 4) is 0 Å². The van der Waals surface area contributed by atoms with Crippen LogP contribution in [0.4, 0.5) is 0 Å². The summed E-state index contributed by atoms with van der Waals surface area (Å²) in [6, 6.07) is 0.765. The van der Waals surface area contributed by atoms with Crippen LogP contribution >= 0.6 is 11.6 Å². The number of hydrogen-bond donors (Lipinski definition) is 1. The normalized spacial score (nSPS) is 37.3. The highest BCUT2D eigenvalue weighted by atomic mass is 35.5. The lowest BCUT2D eigenvalue weighted by Gasteiger charge is -2.46. The van der Waals surface area contributed by atoms with Crippen LogP contribution in [0, 0.1) is 11.8 Å². The molecule has 5 atom stereocenters. The molecule has 0 aromatic heterocycles. The van der Waals surface area contributed by atoms with E-state index in [-0.39, 0.29) is 5.38 Å². The second-order valence-electron chi connectivity index (χ2n) is 8.49. The van der Waals surface area contributed by atoms with E-state index in [2.05, 4.69) is 54.9 Å². The molecule has 1 saturated carbocycles. The van der Waals surface area contributed by atoms with E-state index in [9.17, 15) is 0 Å². The van der Waals surface area contributed by atoms with Crippen molar-refractivity contribution in [2.75, 3.05) is 19.6 Å². The van der Waals surface area contributed by atoms with Gasteiger partial charge in [0.05, 0.1) is 24.8 Å². The van der Waals surface area contributed by atoms with Crippen molar-refractivity contribution in [3.05, 3.63) is 28.3 Å². The van der Waals surface area contributed by atoms with Crippen molar-refractivity contribution in [2.45, 2.75) is 58.0 Å². The van der Waals surface area contributed by atoms with Gasteiger partial charge in [0.1, 0.15) is 12.6 Å². The molecule has 0 radical (unpaired) electrons. The van der Waals surface area contributed by atoms with Crippen LogP contribution in [0.5, 0.6) is 0 Å². The van der Waals surface area contributed by atoms with Gasteiger partial charge < -0.3 is 10.2 Å². The lowest BCUT2D eigenvalue weighted by molar-refractivity contribution is -0.566. The minimum atomic E-state index is 0.239. The summed E-state index contributed by atoms with van der Waals surface area (Å²) in [7, 11) is 0. The third kappa shape index (κ3) is 2.93. The van der Waals surface area contributed by atoms with E-state index in [1.54, 1.807) is 0 Å². The topological polar surface area (TPSA) is 30.6 Å². The number of nitrogens with zero attached hydrogens (tertiary/aromatic N) is 3. The molecule has 2 fully saturated rings. The largest absolute Gasteiger partial charge is 0.361 e. The SMILES string of the molecule is C=[N+]1CCN(C2=C3C(C)=C=C(C)NC3=NC3C(C)CC(Cl)CC23)CC1C. The zero-order valence-corrected chi connectivity index (χ0v) is 17.1. The molecule has 0 bridgehead atoms. The van der Waals surface area contributed by atoms with E-state index in [0.29, 0.717) is 23.9 Å². The minimum absolute atomic E-state index is 0.239. The van der Waals surface area contributed by atoms with E-state index >= 15 is 0 Å². The Morgan fingerprint density at radius 3 is 2.81 bits per heavy atom. The summed E-state index contributed by atoms with van der Waals surface area (Å²) in [6.45, 7) is 16.0. The highest BCUT2D eigenvalue weighted by molar-refractivity contribution is 6.20. The van der Waals surface area contributed by atoms with Gasteiger partial charge in [-0.3, -0.25) is 4.99 Å². The van der Waals surface area contributed by atoms with Gasteiger partial charge in [-0.15, -0.1) is 11.6 Å². The van der Waals surface area contributed by atoms with E-state index in [1.165, 1.54) is 16.8 Å². The predicted octanol–water partition coefficient (Wildman–Crippen LogP) is 3.14. The van der Waals surface area contributed by atoms with Gasteiger partial charge in [-0.05, 0) is 39.5 Å². The molecular formula is C21H30ClN4+. The van der Waals surface area contributed by atoms with Gasteiger partial charge in [-0.25, -0.2) is 4.58 Å². The Labute approximate surface area is 162 Å². The number of halogens is 1. The molecule has 4 nitrogen and oxygen atoms in total. The fourth-order valence-electron chi connectivity index (χ4n) is 5.09. The monoisotopic (exact) mass is 373 g/mol. The first-order valence-corrected chi connectivity index (χ1v) is 10.3. The molecule has 140 valence electrons. The summed E-state index contributed by atoms with van der Waals surface area (Å²) in [4.78, 5) is 7.77. The first-order chi connectivity index (χ1) is 12.3. The van der Waals surface area contributed by atoms with E-state index < -0.39 is 0 Å². The quantitative estimate of drug-likeness (QED) is 0.435. The van der Waals surface area contributed by atoms with Crippen molar-refractivity contribution >= 4 is 24.2 Å². The lowest BCUT2D eigenvalue weighted by Crippen LogP contribution is -2.52. The van der Waals surface area contributed by atoms with E-state index in [4.69, 9.17) is 16.6 Å². The summed E-state index contributed by atoms with van der Waals surface area (Å²) in [5.74, 6) is 1.95. The number of amidine groups is 1. The van der Waals surface area contributed by atoms with Crippen molar-refractivity contribution in [3.63, 3.8) is 0 Å². The second kappa shape index (κ2) is 6.58. The fraction of sp³-hybridized carbons (Fsp3) is 0.667. The van der Waals surface area contributed by atoms with Crippen LogP contribution in [0.25, 0.3) is 0 Å². The average molecular weight is 374 g/mol. The minimum Gasteiger partial charge on any atom is -0.361 e. The molecule has 4 rings (SSSR count). The van der Waals surface area contributed by atoms with Crippen LogP contribution in [-0.2, 0) is 0 Å². The molecule has 3 aliphatic heterocycles. The third-order valence-electron chi connectivity index (χ3n) is 6.42. The van der Waals surface area contributed by atoms with Gasteiger partial charge in [0.15, 0.2) is 12.6 Å². The molecule has 0 aromatic carbocycles. The molecule has 1 saturated heterocycles. The highest BCUT2D eigenvalue weighted by Crippen LogP contribution is 2.44. The Morgan fingerprint density at radius 1 is 1.31 bits per heavy atom. The van der Waals surface area contributed by atoms with Gasteiger partial charge in [0.25, 0.3) is 0 Å². The maximum Gasteiger partial charge on any atom is 0.166 e. The molecule has 0 aromatic rings. The van der Waals surface area contributed by atoms with Crippen molar-refractivity contribution < 1.29 is 4.58 Å². The summed E-state index contributed by atoms with van der Waals surface area (Å²) >= 11 is 6.67. The number of rotatable bonds is 1. The summed E-state index contributed by atoms with van der Waals surface area (Å²) in [5.41, 5.74) is 8.45. The van der Waals surface area contributed by atoms with Crippen LogP contribution in [0.2, 0.25) is 0 Å². The molecule has 1 N–H and O–H groups in total. The Morgan fingerprint density at radius 2 is 2.08 bits per heavy atom. The zero-order chi connectivity index (χ0) is 18.6. The number of alkyl halides is 1. The lowest BCUT2D eigenvalue weighted by atomic mass is 9.72. The summed E-state index contributed by atoms with van der Waals surface area (Å²) < 4.78 is 2.21. The van der Waals surface area contributed by atoms with Crippen LogP contribution < -0.4 is 5.32 Å². The van der Waals surface area contributed by atoms with Crippen LogP contribution in [0.1, 0.15) is 40.5 Å². The van der Waals surface area contributed by atoms with Crippen molar-refractivity contribution in [1.82, 2.24) is 10.2 Å². The fourth-order valence-corrected chi connectivity index (χ4v) is 5.56. The molecular weight excluding hydrogens is 344 g/mol. The number of aliphatic imine (C=N–C) groups is 1. The Kier molecular flexibility index (Phi) is 4.53. The van der Waals surface area contributed by atoms with Gasteiger partial charge in [-0.1, -0.05) is 12.7 Å². The third-order valence-corrected chi connectivity index (χ3v) is 6.77. The van der Waals surface area contributed by atoms with Crippen molar-refractivity contribution in [1.29, 1.82) is 0 Å². The number of hydrogen-bond acceptors (Lipinski definition) is 3. The standard InChI is InChI=1S/C21H30ClN4/c1-12-8-14(3)23-21-18(12)20(26-7-6-25(5)15(4)11-26)17-10-16(22)9-13(2)19(17)24-21/h13,15-17,19H,5-7,9-11H2,1-4H3,(H,23,24)/q+1. The summed E-state index contributed by atoms with van der Waals surface area (Å²) in [6.07, 6.45) is 2.07. The number of piperazine rings is 1. The summed E-state index contributed by atoms with van der Waals surface area (Å²) in [5, 5.41) is 3.74. The van der Waals surface area contributed by atoms with Crippen LogP contribution in [-0.4, -0.2) is 59.1 Å². The maximum atomic E-state index is 6.67. The number of nitrogens with one attached hydrogen (secondary N) is 1. The Hall–Kier alpha value is -1.51. The molecule has 26 heavy (non-hydrogen) atoms. The zero-order valence-electron chi connectivity index (χ0n) is 16.3. The highest BCUT2D eigenvalue weighted by Gasteiger charge is 2.45. The van der Waals surface area contributed by atoms with Crippen LogP contribution in [0.3, 0.4) is 0 Å². The first kappa shape index (κ1) is 17.9. The molecule has 0 spiro atoms. The van der Waals surface area contributed by atoms with Gasteiger partial charge in [-0.2, -0.15) is 0 Å². The van der Waals surface area contributed by atoms with Gasteiger partial charge >= 0.3 is 0 Å².